The van der Waals surface area contributed by atoms with Crippen LogP contribution in [0.3, 0.4) is 0 Å². The molecule has 0 aromatic heterocycles. The van der Waals surface area contributed by atoms with Crippen molar-refractivity contribution in [2.45, 2.75) is 58.3 Å². The number of aryl methyl sites for hydroxylation is 2. The van der Waals surface area contributed by atoms with Crippen LogP contribution in [0.15, 0.2) is 36.4 Å². The van der Waals surface area contributed by atoms with Gasteiger partial charge in [0.1, 0.15) is 11.5 Å². The predicted molar refractivity (Wildman–Crippen MR) is 118 cm³/mol. The molecule has 0 heterocycles. The molecular formula is C27H32O3. The molecule has 0 saturated heterocycles. The summed E-state index contributed by atoms with van der Waals surface area (Å²) in [5.74, 6) is 5.89. The van der Waals surface area contributed by atoms with Crippen LogP contribution in [0.2, 0.25) is 0 Å². The topological polar surface area (TPSA) is 35.5 Å². The quantitative estimate of drug-likeness (QED) is 0.451. The Morgan fingerprint density at radius 3 is 1.90 bits per heavy atom. The zero-order valence-corrected chi connectivity index (χ0v) is 18.5. The zero-order chi connectivity index (χ0) is 21.0. The van der Waals surface area contributed by atoms with Crippen LogP contribution in [0.25, 0.3) is 0 Å². The summed E-state index contributed by atoms with van der Waals surface area (Å²) in [4.78, 5) is 11.4. The van der Waals surface area contributed by atoms with Crippen LogP contribution in [0, 0.1) is 37.5 Å². The van der Waals surface area contributed by atoms with Gasteiger partial charge < -0.3 is 9.47 Å². The van der Waals surface area contributed by atoms with Gasteiger partial charge >= 0.3 is 5.97 Å². The average Bonchev–Trinajstić information content (AvgIpc) is 2.69. The SMILES string of the molecule is COc1ccc(C2C3CC4CC(C3)C(c3ccc(OC(C)=O)c(C)c3)C2C4)cc1C. The highest BCUT2D eigenvalue weighted by atomic mass is 16.5. The van der Waals surface area contributed by atoms with E-state index in [0.29, 0.717) is 23.5 Å². The Kier molecular flexibility index (Phi) is 4.88. The average molecular weight is 405 g/mol. The minimum absolute atomic E-state index is 0.254. The maximum atomic E-state index is 11.4. The second kappa shape index (κ2) is 7.44. The number of ether oxygens (including phenoxy) is 2. The first kappa shape index (κ1) is 19.7. The minimum atomic E-state index is -0.254. The summed E-state index contributed by atoms with van der Waals surface area (Å²) in [6.07, 6.45) is 5.48. The van der Waals surface area contributed by atoms with Crippen LogP contribution in [0.4, 0.5) is 0 Å². The van der Waals surface area contributed by atoms with Crippen molar-refractivity contribution in [2.24, 2.45) is 23.7 Å². The third-order valence-corrected chi connectivity index (χ3v) is 8.06. The predicted octanol–water partition coefficient (Wildman–Crippen LogP) is 6.17. The number of hydrogen-bond acceptors (Lipinski definition) is 3. The number of carbonyl (C=O) groups is 1. The van der Waals surface area contributed by atoms with Crippen LogP contribution in [0.1, 0.15) is 66.7 Å². The summed E-state index contributed by atoms with van der Waals surface area (Å²) in [5.41, 5.74) is 5.24. The van der Waals surface area contributed by atoms with Gasteiger partial charge in [-0.1, -0.05) is 24.3 Å². The van der Waals surface area contributed by atoms with Crippen molar-refractivity contribution in [2.75, 3.05) is 7.11 Å². The van der Waals surface area contributed by atoms with E-state index in [0.717, 1.165) is 29.1 Å². The molecule has 3 nitrogen and oxygen atoms in total. The smallest absolute Gasteiger partial charge is 0.308 e. The van der Waals surface area contributed by atoms with E-state index in [1.54, 1.807) is 7.11 Å². The van der Waals surface area contributed by atoms with Gasteiger partial charge in [0.2, 0.25) is 0 Å². The van der Waals surface area contributed by atoms with E-state index in [4.69, 9.17) is 9.47 Å². The summed E-state index contributed by atoms with van der Waals surface area (Å²) in [6, 6.07) is 13.3. The lowest BCUT2D eigenvalue weighted by atomic mass is 9.46. The van der Waals surface area contributed by atoms with E-state index in [1.165, 1.54) is 49.3 Å². The van der Waals surface area contributed by atoms with Gasteiger partial charge in [0.15, 0.2) is 0 Å². The van der Waals surface area contributed by atoms with Gasteiger partial charge in [0.05, 0.1) is 7.11 Å². The van der Waals surface area contributed by atoms with E-state index in [2.05, 4.69) is 44.2 Å². The van der Waals surface area contributed by atoms with E-state index in [9.17, 15) is 4.79 Å². The zero-order valence-electron chi connectivity index (χ0n) is 18.5. The van der Waals surface area contributed by atoms with Crippen molar-refractivity contribution < 1.29 is 14.3 Å². The maximum absolute atomic E-state index is 11.4. The van der Waals surface area contributed by atoms with Crippen LogP contribution >= 0.6 is 0 Å². The second-order valence-corrected chi connectivity index (χ2v) is 9.89. The highest BCUT2D eigenvalue weighted by molar-refractivity contribution is 5.69. The summed E-state index contributed by atoms with van der Waals surface area (Å²) in [6.45, 7) is 5.68. The van der Waals surface area contributed by atoms with Crippen LogP contribution in [-0.4, -0.2) is 13.1 Å². The highest BCUT2D eigenvalue weighted by Crippen LogP contribution is 2.65. The maximum Gasteiger partial charge on any atom is 0.308 e. The molecule has 4 bridgehead atoms. The summed E-state index contributed by atoms with van der Waals surface area (Å²) in [7, 11) is 1.75. The molecule has 6 rings (SSSR count). The Balaban J connectivity index is 1.50. The van der Waals surface area contributed by atoms with Gasteiger partial charge in [-0.15, -0.1) is 0 Å². The molecule has 6 unspecified atom stereocenters. The Morgan fingerprint density at radius 1 is 0.833 bits per heavy atom. The van der Waals surface area contributed by atoms with Crippen LogP contribution in [-0.2, 0) is 4.79 Å². The lowest BCUT2D eigenvalue weighted by Gasteiger charge is -2.59. The normalized spacial score (nSPS) is 31.6. The van der Waals surface area contributed by atoms with Gasteiger partial charge in [0.25, 0.3) is 0 Å². The summed E-state index contributed by atoms with van der Waals surface area (Å²) < 4.78 is 10.9. The van der Waals surface area contributed by atoms with Crippen molar-refractivity contribution in [3.05, 3.63) is 58.7 Å². The molecule has 3 heteroatoms. The van der Waals surface area contributed by atoms with Crippen molar-refractivity contribution in [1.29, 1.82) is 0 Å². The largest absolute Gasteiger partial charge is 0.496 e. The Labute approximate surface area is 179 Å². The number of hydrogen-bond donors (Lipinski definition) is 0. The monoisotopic (exact) mass is 404 g/mol. The van der Waals surface area contributed by atoms with Crippen molar-refractivity contribution >= 4 is 5.97 Å². The lowest BCUT2D eigenvalue weighted by molar-refractivity contribution is -0.131. The molecule has 6 atom stereocenters. The van der Waals surface area contributed by atoms with E-state index >= 15 is 0 Å². The fourth-order valence-corrected chi connectivity index (χ4v) is 7.21. The molecule has 30 heavy (non-hydrogen) atoms. The fourth-order valence-electron chi connectivity index (χ4n) is 7.21. The third kappa shape index (κ3) is 3.23. The summed E-state index contributed by atoms with van der Waals surface area (Å²) in [5, 5.41) is 0. The first-order valence-electron chi connectivity index (χ1n) is 11.4. The van der Waals surface area contributed by atoms with Gasteiger partial charge in [-0.2, -0.15) is 0 Å². The van der Waals surface area contributed by atoms with Crippen LogP contribution in [0.5, 0.6) is 11.5 Å². The summed E-state index contributed by atoms with van der Waals surface area (Å²) >= 11 is 0. The fraction of sp³-hybridized carbons (Fsp3) is 0.519. The number of rotatable bonds is 4. The molecule has 0 spiro atoms. The molecule has 4 saturated carbocycles. The van der Waals surface area contributed by atoms with Gasteiger partial charge in [-0.25, -0.2) is 0 Å². The minimum Gasteiger partial charge on any atom is -0.496 e. The Hall–Kier alpha value is -2.29. The molecule has 0 amide bonds. The number of esters is 1. The Bertz CT molecular complexity index is 978. The molecule has 158 valence electrons. The molecule has 0 aliphatic heterocycles. The lowest BCUT2D eigenvalue weighted by Crippen LogP contribution is -2.48. The van der Waals surface area contributed by atoms with Crippen LogP contribution < -0.4 is 9.47 Å². The number of methoxy groups -OCH3 is 1. The molecule has 2 aromatic carbocycles. The van der Waals surface area contributed by atoms with E-state index in [-0.39, 0.29) is 5.97 Å². The first-order valence-corrected chi connectivity index (χ1v) is 11.4. The van der Waals surface area contributed by atoms with Gasteiger partial charge in [-0.05, 0) is 109 Å². The number of carbonyl (C=O) groups excluding carboxylic acids is 1. The van der Waals surface area contributed by atoms with Crippen molar-refractivity contribution in [1.82, 2.24) is 0 Å². The molecule has 4 aliphatic carbocycles. The van der Waals surface area contributed by atoms with Crippen molar-refractivity contribution in [3.8, 4) is 11.5 Å². The van der Waals surface area contributed by atoms with Gasteiger partial charge in [0, 0.05) is 6.92 Å². The molecule has 0 N–H and O–H groups in total. The first-order chi connectivity index (χ1) is 14.4. The molecule has 4 fully saturated rings. The highest BCUT2D eigenvalue weighted by Gasteiger charge is 2.54. The molecule has 0 radical (unpaired) electrons. The molecular weight excluding hydrogens is 372 g/mol. The van der Waals surface area contributed by atoms with E-state index in [1.807, 2.05) is 6.07 Å². The molecule has 4 aliphatic rings. The third-order valence-electron chi connectivity index (χ3n) is 8.06. The second-order valence-electron chi connectivity index (χ2n) is 9.89. The number of benzene rings is 2. The van der Waals surface area contributed by atoms with E-state index < -0.39 is 0 Å². The standard InChI is InChI=1S/C27H32O3/c1-15-9-19(5-7-24(15)29-4)26-21-11-18-12-22(14-21)27(23(26)13-18)20-6-8-25(16(2)10-20)30-17(3)28/h5-10,18,21-23,26-27H,11-14H2,1-4H3. The Morgan fingerprint density at radius 2 is 1.40 bits per heavy atom. The van der Waals surface area contributed by atoms with Gasteiger partial charge in [-0.3, -0.25) is 4.79 Å². The van der Waals surface area contributed by atoms with Crippen molar-refractivity contribution in [3.63, 3.8) is 0 Å². The molecule has 2 aromatic rings.